The number of rotatable bonds is 7. The quantitative estimate of drug-likeness (QED) is 0.635. The van der Waals surface area contributed by atoms with E-state index in [1.165, 1.54) is 23.2 Å². The van der Waals surface area contributed by atoms with Crippen molar-refractivity contribution < 1.29 is 9.53 Å². The van der Waals surface area contributed by atoms with Gasteiger partial charge in [0.1, 0.15) is 18.1 Å². The van der Waals surface area contributed by atoms with Gasteiger partial charge in [0.05, 0.1) is 17.9 Å². The van der Waals surface area contributed by atoms with Crippen LogP contribution in [-0.4, -0.2) is 35.4 Å². The molecule has 1 aliphatic rings. The van der Waals surface area contributed by atoms with Crippen molar-refractivity contribution >= 4 is 17.3 Å². The van der Waals surface area contributed by atoms with Crippen molar-refractivity contribution in [2.75, 3.05) is 29.9 Å². The maximum Gasteiger partial charge on any atom is 0.276 e. The molecule has 3 aromatic rings. The van der Waals surface area contributed by atoms with E-state index in [1.807, 2.05) is 54.6 Å². The molecule has 0 bridgehead atoms. The Kier molecular flexibility index (Phi) is 6.62. The minimum atomic E-state index is -0.345. The van der Waals surface area contributed by atoms with Gasteiger partial charge in [0, 0.05) is 19.2 Å². The fraction of sp³-hybridized carbons (Fsp3) is 0.292. The third kappa shape index (κ3) is 5.31. The van der Waals surface area contributed by atoms with Crippen molar-refractivity contribution in [1.29, 1.82) is 0 Å². The number of nitrogens with zero attached hydrogens (tertiary/aromatic N) is 3. The van der Waals surface area contributed by atoms with Crippen molar-refractivity contribution in [3.63, 3.8) is 0 Å². The maximum absolute atomic E-state index is 12.9. The number of hydrogen-bond donors (Lipinski definition) is 1. The zero-order valence-corrected chi connectivity index (χ0v) is 17.4. The standard InChI is InChI=1S/C24H26N4O3/c29-23-14-13-21(26-28(23)17-18-31-19-9-3-1-4-10-19)24(30)25-20-11-5-6-12-22(20)27-15-7-2-8-16-27/h1,3-6,9-14H,2,7-8,15-18H2,(H,25,30). The molecule has 0 atom stereocenters. The summed E-state index contributed by atoms with van der Waals surface area (Å²) >= 11 is 0. The van der Waals surface area contributed by atoms with Crippen LogP contribution in [-0.2, 0) is 6.54 Å². The number of aromatic nitrogens is 2. The molecule has 1 N–H and O–H groups in total. The van der Waals surface area contributed by atoms with Crippen LogP contribution >= 0.6 is 0 Å². The van der Waals surface area contributed by atoms with Gasteiger partial charge in [-0.2, -0.15) is 5.10 Å². The number of nitrogens with one attached hydrogen (secondary N) is 1. The third-order valence-corrected chi connectivity index (χ3v) is 5.26. The first-order valence-corrected chi connectivity index (χ1v) is 10.6. The lowest BCUT2D eigenvalue weighted by Crippen LogP contribution is -2.31. The molecule has 4 rings (SSSR count). The molecule has 1 fully saturated rings. The Morgan fingerprint density at radius 1 is 0.935 bits per heavy atom. The van der Waals surface area contributed by atoms with Gasteiger partial charge in [-0.05, 0) is 49.6 Å². The van der Waals surface area contributed by atoms with Gasteiger partial charge >= 0.3 is 0 Å². The van der Waals surface area contributed by atoms with Gasteiger partial charge in [0.25, 0.3) is 11.5 Å². The van der Waals surface area contributed by atoms with Crippen molar-refractivity contribution in [1.82, 2.24) is 9.78 Å². The minimum absolute atomic E-state index is 0.188. The molecule has 0 saturated carbocycles. The average Bonchev–Trinajstić information content (AvgIpc) is 2.82. The van der Waals surface area contributed by atoms with Gasteiger partial charge in [-0.15, -0.1) is 0 Å². The van der Waals surface area contributed by atoms with Crippen molar-refractivity contribution in [2.45, 2.75) is 25.8 Å². The van der Waals surface area contributed by atoms with Crippen LogP contribution in [0.5, 0.6) is 5.75 Å². The second kappa shape index (κ2) is 9.93. The van der Waals surface area contributed by atoms with E-state index in [-0.39, 0.29) is 30.3 Å². The van der Waals surface area contributed by atoms with Crippen LogP contribution in [0.25, 0.3) is 0 Å². The van der Waals surface area contributed by atoms with Gasteiger partial charge in [-0.25, -0.2) is 4.68 Å². The first-order valence-electron chi connectivity index (χ1n) is 10.6. The van der Waals surface area contributed by atoms with Crippen LogP contribution in [0.1, 0.15) is 29.8 Å². The van der Waals surface area contributed by atoms with Gasteiger partial charge in [0.15, 0.2) is 0 Å². The first kappa shape index (κ1) is 20.7. The predicted molar refractivity (Wildman–Crippen MR) is 121 cm³/mol. The summed E-state index contributed by atoms with van der Waals surface area (Å²) < 4.78 is 6.90. The number of carbonyl (C=O) groups is 1. The van der Waals surface area contributed by atoms with Gasteiger partial charge in [0.2, 0.25) is 0 Å². The molecule has 0 spiro atoms. The summed E-state index contributed by atoms with van der Waals surface area (Å²) in [6.07, 6.45) is 3.55. The first-order chi connectivity index (χ1) is 15.2. The largest absolute Gasteiger partial charge is 0.492 e. The molecule has 31 heavy (non-hydrogen) atoms. The predicted octanol–water partition coefficient (Wildman–Crippen LogP) is 3.56. The Morgan fingerprint density at radius 2 is 1.68 bits per heavy atom. The van der Waals surface area contributed by atoms with Crippen molar-refractivity contribution in [2.24, 2.45) is 0 Å². The van der Waals surface area contributed by atoms with Crippen molar-refractivity contribution in [3.05, 3.63) is 82.8 Å². The highest BCUT2D eigenvalue weighted by Crippen LogP contribution is 2.28. The van der Waals surface area contributed by atoms with Crippen LogP contribution < -0.4 is 20.5 Å². The number of ether oxygens (including phenoxy) is 1. The normalized spacial score (nSPS) is 13.6. The summed E-state index contributed by atoms with van der Waals surface area (Å²) in [5.41, 5.74) is 1.68. The summed E-state index contributed by atoms with van der Waals surface area (Å²) in [5.74, 6) is 0.376. The molecule has 7 heteroatoms. The second-order valence-corrected chi connectivity index (χ2v) is 7.46. The zero-order chi connectivity index (χ0) is 21.5. The molecule has 0 unspecified atom stereocenters. The fourth-order valence-corrected chi connectivity index (χ4v) is 3.67. The molecular formula is C24H26N4O3. The highest BCUT2D eigenvalue weighted by Gasteiger charge is 2.17. The van der Waals surface area contributed by atoms with Gasteiger partial charge in [-0.3, -0.25) is 9.59 Å². The highest BCUT2D eigenvalue weighted by atomic mass is 16.5. The number of para-hydroxylation sites is 3. The summed E-state index contributed by atoms with van der Waals surface area (Å²) in [6.45, 7) is 2.49. The van der Waals surface area contributed by atoms with E-state index in [0.29, 0.717) is 0 Å². The SMILES string of the molecule is O=C(Nc1ccccc1N1CCCCC1)c1ccc(=O)n(CCOc2ccccc2)n1. The number of benzene rings is 2. The topological polar surface area (TPSA) is 76.5 Å². The van der Waals surface area contributed by atoms with Crippen LogP contribution in [0.15, 0.2) is 71.5 Å². The molecule has 0 radical (unpaired) electrons. The number of piperidine rings is 1. The lowest BCUT2D eigenvalue weighted by molar-refractivity contribution is 0.101. The van der Waals surface area contributed by atoms with E-state index in [9.17, 15) is 9.59 Å². The molecular weight excluding hydrogens is 392 g/mol. The van der Waals surface area contributed by atoms with E-state index in [1.54, 1.807) is 0 Å². The number of carbonyl (C=O) groups excluding carboxylic acids is 1. The van der Waals surface area contributed by atoms with Crippen LogP contribution in [0, 0.1) is 0 Å². The molecule has 1 aliphatic heterocycles. The maximum atomic E-state index is 12.9. The van der Waals surface area contributed by atoms with Gasteiger partial charge < -0.3 is 15.0 Å². The smallest absolute Gasteiger partial charge is 0.276 e. The molecule has 2 heterocycles. The van der Waals surface area contributed by atoms with Crippen LogP contribution in [0.4, 0.5) is 11.4 Å². The molecule has 1 amide bonds. The minimum Gasteiger partial charge on any atom is -0.492 e. The number of hydrogen-bond acceptors (Lipinski definition) is 5. The number of amides is 1. The monoisotopic (exact) mass is 418 g/mol. The third-order valence-electron chi connectivity index (χ3n) is 5.26. The Labute approximate surface area is 181 Å². The van der Waals surface area contributed by atoms with Crippen LogP contribution in [0.2, 0.25) is 0 Å². The lowest BCUT2D eigenvalue weighted by Gasteiger charge is -2.30. The molecule has 1 aromatic heterocycles. The Morgan fingerprint density at radius 3 is 2.48 bits per heavy atom. The average molecular weight is 418 g/mol. The molecule has 2 aromatic carbocycles. The summed E-state index contributed by atoms with van der Waals surface area (Å²) in [7, 11) is 0. The summed E-state index contributed by atoms with van der Waals surface area (Å²) in [4.78, 5) is 27.3. The Bertz CT molecular complexity index is 1080. The van der Waals surface area contributed by atoms with E-state index < -0.39 is 0 Å². The van der Waals surface area contributed by atoms with Gasteiger partial charge in [-0.1, -0.05) is 30.3 Å². The summed E-state index contributed by atoms with van der Waals surface area (Å²) in [6, 6.07) is 20.0. The zero-order valence-electron chi connectivity index (χ0n) is 17.4. The molecule has 0 aliphatic carbocycles. The second-order valence-electron chi connectivity index (χ2n) is 7.46. The number of anilines is 2. The van der Waals surface area contributed by atoms with E-state index in [2.05, 4.69) is 15.3 Å². The molecule has 160 valence electrons. The Balaban J connectivity index is 1.44. The van der Waals surface area contributed by atoms with E-state index >= 15 is 0 Å². The summed E-state index contributed by atoms with van der Waals surface area (Å²) in [5, 5.41) is 7.20. The van der Waals surface area contributed by atoms with E-state index in [4.69, 9.17) is 4.74 Å². The van der Waals surface area contributed by atoms with Crippen molar-refractivity contribution in [3.8, 4) is 5.75 Å². The highest BCUT2D eigenvalue weighted by molar-refractivity contribution is 6.04. The van der Waals surface area contributed by atoms with Crippen LogP contribution in [0.3, 0.4) is 0 Å². The Hall–Kier alpha value is -3.61. The fourth-order valence-electron chi connectivity index (χ4n) is 3.67. The molecule has 1 saturated heterocycles. The molecule has 7 nitrogen and oxygen atoms in total. The lowest BCUT2D eigenvalue weighted by atomic mass is 10.1. The van der Waals surface area contributed by atoms with E-state index in [0.717, 1.165) is 43.1 Å².